The molecule has 0 unspecified atom stereocenters. The van der Waals surface area contributed by atoms with Crippen LogP contribution in [0.5, 0.6) is 5.75 Å². The molecule has 21 heavy (non-hydrogen) atoms. The molecule has 4 nitrogen and oxygen atoms in total. The van der Waals surface area contributed by atoms with Gasteiger partial charge in [0.25, 0.3) is 5.91 Å². The molecule has 0 saturated carbocycles. The fourth-order valence-corrected chi connectivity index (χ4v) is 1.81. The molecule has 1 amide bonds. The molecule has 0 radical (unpaired) electrons. The summed E-state index contributed by atoms with van der Waals surface area (Å²) in [7, 11) is 0. The number of nitrogens with two attached hydrogens (primary N) is 1. The van der Waals surface area contributed by atoms with Crippen molar-refractivity contribution in [2.24, 2.45) is 0 Å². The van der Waals surface area contributed by atoms with Crippen molar-refractivity contribution in [1.29, 1.82) is 0 Å². The van der Waals surface area contributed by atoms with Crippen LogP contribution in [0.15, 0.2) is 36.4 Å². The molecule has 0 bridgehead atoms. The molecule has 0 fully saturated rings. The third kappa shape index (κ3) is 4.10. The van der Waals surface area contributed by atoms with Crippen LogP contribution in [0.25, 0.3) is 0 Å². The van der Waals surface area contributed by atoms with Crippen LogP contribution in [-0.4, -0.2) is 12.5 Å². The minimum absolute atomic E-state index is 0.256. The van der Waals surface area contributed by atoms with Crippen molar-refractivity contribution in [3.05, 3.63) is 52.8 Å². The largest absolute Gasteiger partial charge is 0.484 e. The van der Waals surface area contributed by atoms with E-state index in [1.54, 1.807) is 37.3 Å². The number of carbonyl (C=O) groups is 1. The van der Waals surface area contributed by atoms with Gasteiger partial charge in [0.2, 0.25) is 0 Å². The zero-order chi connectivity index (χ0) is 15.4. The minimum Gasteiger partial charge on any atom is -0.484 e. The van der Waals surface area contributed by atoms with E-state index in [2.05, 4.69) is 5.32 Å². The van der Waals surface area contributed by atoms with E-state index in [1.807, 2.05) is 0 Å². The van der Waals surface area contributed by atoms with E-state index in [1.165, 1.54) is 6.07 Å². The molecule has 0 aliphatic carbocycles. The molecular formula is C15H14ClFN2O2. The monoisotopic (exact) mass is 308 g/mol. The van der Waals surface area contributed by atoms with E-state index in [9.17, 15) is 9.18 Å². The minimum atomic E-state index is -0.412. The van der Waals surface area contributed by atoms with Gasteiger partial charge in [0.1, 0.15) is 11.6 Å². The first-order valence-electron chi connectivity index (χ1n) is 6.19. The second-order valence-corrected chi connectivity index (χ2v) is 4.92. The van der Waals surface area contributed by atoms with E-state index in [4.69, 9.17) is 22.1 Å². The Morgan fingerprint density at radius 2 is 2.10 bits per heavy atom. The topological polar surface area (TPSA) is 64.3 Å². The predicted molar refractivity (Wildman–Crippen MR) is 81.1 cm³/mol. The number of amides is 1. The number of halogens is 2. The summed E-state index contributed by atoms with van der Waals surface area (Å²) in [6.07, 6.45) is 0. The summed E-state index contributed by atoms with van der Waals surface area (Å²) in [5.74, 6) is -0.510. The fourth-order valence-electron chi connectivity index (χ4n) is 1.64. The second kappa shape index (κ2) is 6.45. The maximum absolute atomic E-state index is 13.3. The number of aryl methyl sites for hydroxylation is 1. The van der Waals surface area contributed by atoms with Crippen LogP contribution >= 0.6 is 11.6 Å². The lowest BCUT2D eigenvalue weighted by atomic mass is 10.2. The first-order valence-corrected chi connectivity index (χ1v) is 6.57. The number of carbonyl (C=O) groups excluding carboxylic acids is 1. The van der Waals surface area contributed by atoms with Crippen molar-refractivity contribution in [3.8, 4) is 5.75 Å². The summed E-state index contributed by atoms with van der Waals surface area (Å²) in [6.45, 7) is 1.39. The lowest BCUT2D eigenvalue weighted by Gasteiger charge is -2.10. The van der Waals surface area contributed by atoms with Crippen molar-refractivity contribution >= 4 is 28.9 Å². The molecular weight excluding hydrogens is 295 g/mol. The average Bonchev–Trinajstić information content (AvgIpc) is 2.44. The quantitative estimate of drug-likeness (QED) is 0.851. The van der Waals surface area contributed by atoms with Crippen molar-refractivity contribution in [3.63, 3.8) is 0 Å². The van der Waals surface area contributed by atoms with E-state index >= 15 is 0 Å². The highest BCUT2D eigenvalue weighted by atomic mass is 35.5. The van der Waals surface area contributed by atoms with Crippen molar-refractivity contribution < 1.29 is 13.9 Å². The molecule has 0 atom stereocenters. The van der Waals surface area contributed by atoms with Gasteiger partial charge in [-0.1, -0.05) is 17.7 Å². The van der Waals surface area contributed by atoms with Gasteiger partial charge in [-0.15, -0.1) is 0 Å². The van der Waals surface area contributed by atoms with Crippen LogP contribution in [0.1, 0.15) is 5.56 Å². The smallest absolute Gasteiger partial charge is 0.262 e. The van der Waals surface area contributed by atoms with Crippen LogP contribution in [-0.2, 0) is 4.79 Å². The van der Waals surface area contributed by atoms with E-state index in [0.29, 0.717) is 22.0 Å². The third-order valence-electron chi connectivity index (χ3n) is 2.80. The van der Waals surface area contributed by atoms with E-state index in [-0.39, 0.29) is 18.2 Å². The third-order valence-corrected chi connectivity index (χ3v) is 3.04. The Balaban J connectivity index is 1.95. The molecule has 2 aromatic rings. The van der Waals surface area contributed by atoms with Gasteiger partial charge in [0.15, 0.2) is 6.61 Å². The van der Waals surface area contributed by atoms with E-state index in [0.717, 1.165) is 0 Å². The van der Waals surface area contributed by atoms with Gasteiger partial charge < -0.3 is 15.8 Å². The predicted octanol–water partition coefficient (Wildman–Crippen LogP) is 3.39. The highest BCUT2D eigenvalue weighted by Crippen LogP contribution is 2.23. The Morgan fingerprint density at radius 3 is 2.81 bits per heavy atom. The number of hydrogen-bond donors (Lipinski definition) is 2. The SMILES string of the molecule is Cc1ccc(OCC(=O)Nc2cc(Cl)ccc2N)cc1F. The molecule has 2 rings (SSSR count). The molecule has 0 aliphatic heterocycles. The van der Waals surface area contributed by atoms with Gasteiger partial charge in [-0.3, -0.25) is 4.79 Å². The van der Waals surface area contributed by atoms with Crippen LogP contribution in [0.3, 0.4) is 0 Å². The number of nitrogen functional groups attached to an aromatic ring is 1. The first-order chi connectivity index (χ1) is 9.95. The summed E-state index contributed by atoms with van der Waals surface area (Å²) in [4.78, 5) is 11.8. The summed E-state index contributed by atoms with van der Waals surface area (Å²) in [6, 6.07) is 9.17. The molecule has 0 aromatic heterocycles. The molecule has 0 saturated heterocycles. The van der Waals surface area contributed by atoms with Crippen molar-refractivity contribution in [2.75, 3.05) is 17.7 Å². The zero-order valence-electron chi connectivity index (χ0n) is 11.3. The lowest BCUT2D eigenvalue weighted by Crippen LogP contribution is -2.20. The number of nitrogens with one attached hydrogen (secondary N) is 1. The van der Waals surface area contributed by atoms with Gasteiger partial charge in [-0.05, 0) is 36.8 Å². The molecule has 110 valence electrons. The number of hydrogen-bond acceptors (Lipinski definition) is 3. The molecule has 2 aromatic carbocycles. The average molecular weight is 309 g/mol. The Kier molecular flexibility index (Phi) is 4.65. The highest BCUT2D eigenvalue weighted by Gasteiger charge is 2.08. The van der Waals surface area contributed by atoms with Crippen LogP contribution in [0.4, 0.5) is 15.8 Å². The van der Waals surface area contributed by atoms with E-state index < -0.39 is 5.91 Å². The molecule has 3 N–H and O–H groups in total. The number of benzene rings is 2. The first kappa shape index (κ1) is 15.1. The zero-order valence-corrected chi connectivity index (χ0v) is 12.1. The van der Waals surface area contributed by atoms with Crippen molar-refractivity contribution in [1.82, 2.24) is 0 Å². The van der Waals surface area contributed by atoms with Gasteiger partial charge in [-0.25, -0.2) is 4.39 Å². The fraction of sp³-hybridized carbons (Fsp3) is 0.133. The number of anilines is 2. The van der Waals surface area contributed by atoms with Gasteiger partial charge in [-0.2, -0.15) is 0 Å². The summed E-state index contributed by atoms with van der Waals surface area (Å²) in [5, 5.41) is 3.04. The maximum atomic E-state index is 13.3. The van der Waals surface area contributed by atoms with Crippen LogP contribution < -0.4 is 15.8 Å². The molecule has 0 spiro atoms. The maximum Gasteiger partial charge on any atom is 0.262 e. The summed E-state index contributed by atoms with van der Waals surface area (Å²) < 4.78 is 18.6. The molecule has 0 aliphatic rings. The Morgan fingerprint density at radius 1 is 1.33 bits per heavy atom. The van der Waals surface area contributed by atoms with Crippen molar-refractivity contribution in [2.45, 2.75) is 6.92 Å². The number of rotatable bonds is 4. The molecule has 0 heterocycles. The van der Waals surface area contributed by atoms with Gasteiger partial charge >= 0.3 is 0 Å². The standard InChI is InChI=1S/C15H14ClFN2O2/c1-9-2-4-11(7-12(9)17)21-8-15(20)19-14-6-10(16)3-5-13(14)18/h2-7H,8,18H2,1H3,(H,19,20). The number of ether oxygens (including phenoxy) is 1. The normalized spacial score (nSPS) is 10.2. The van der Waals surface area contributed by atoms with Gasteiger partial charge in [0, 0.05) is 11.1 Å². The van der Waals surface area contributed by atoms with Gasteiger partial charge in [0.05, 0.1) is 11.4 Å². The summed E-state index contributed by atoms with van der Waals surface area (Å²) in [5.41, 5.74) is 7.04. The summed E-state index contributed by atoms with van der Waals surface area (Å²) >= 11 is 5.83. The highest BCUT2D eigenvalue weighted by molar-refractivity contribution is 6.31. The second-order valence-electron chi connectivity index (χ2n) is 4.48. The Bertz CT molecular complexity index is 677. The van der Waals surface area contributed by atoms with Crippen LogP contribution in [0, 0.1) is 12.7 Å². The molecule has 6 heteroatoms. The Labute approximate surface area is 126 Å². The van der Waals surface area contributed by atoms with Crippen LogP contribution in [0.2, 0.25) is 5.02 Å². The Hall–Kier alpha value is -2.27. The lowest BCUT2D eigenvalue weighted by molar-refractivity contribution is -0.118.